The number of hydrogen-bond acceptors (Lipinski definition) is 3. The van der Waals surface area contributed by atoms with Gasteiger partial charge in [0.05, 0.1) is 6.61 Å². The van der Waals surface area contributed by atoms with Crippen LogP contribution in [-0.2, 0) is 22.1 Å². The number of phenols is 1. The van der Waals surface area contributed by atoms with Crippen molar-refractivity contribution in [2.45, 2.75) is 20.0 Å². The monoisotopic (exact) mass is 408 g/mol. The van der Waals surface area contributed by atoms with Gasteiger partial charge in [-0.1, -0.05) is 42.5 Å². The van der Waals surface area contributed by atoms with Crippen molar-refractivity contribution in [2.24, 2.45) is 0 Å². The fourth-order valence-corrected chi connectivity index (χ4v) is 5.93. The Morgan fingerprint density at radius 2 is 1.62 bits per heavy atom. The molecule has 3 aromatic carbocycles. The summed E-state index contributed by atoms with van der Waals surface area (Å²) < 4.78 is 23.0. The van der Waals surface area contributed by atoms with Gasteiger partial charge >= 0.3 is 7.67 Å². The van der Waals surface area contributed by atoms with Gasteiger partial charge in [0.2, 0.25) is 0 Å². The van der Waals surface area contributed by atoms with Gasteiger partial charge in [-0.3, -0.25) is 4.57 Å². The first-order valence-corrected chi connectivity index (χ1v) is 11.6. The van der Waals surface area contributed by atoms with E-state index in [0.29, 0.717) is 18.8 Å². The van der Waals surface area contributed by atoms with E-state index in [-0.39, 0.29) is 0 Å². The molecule has 5 nitrogen and oxygen atoms in total. The predicted octanol–water partition coefficient (Wildman–Crippen LogP) is 4.70. The van der Waals surface area contributed by atoms with E-state index < -0.39 is 7.67 Å². The SMILES string of the molecule is Cc1cc(O)c(Cc2ccc3ccccc3c2)cc1COP(=O)(N1CC1)N1CC1. The molecule has 3 aromatic rings. The Morgan fingerprint density at radius 3 is 2.31 bits per heavy atom. The summed E-state index contributed by atoms with van der Waals surface area (Å²) in [7, 11) is -2.84. The molecule has 150 valence electrons. The maximum atomic E-state index is 13.2. The fourth-order valence-electron chi connectivity index (χ4n) is 3.75. The third-order valence-corrected chi connectivity index (χ3v) is 8.39. The average Bonchev–Trinajstić information content (AvgIpc) is 3.61. The standard InChI is InChI=1S/C23H25N2O3P/c1-17-12-23(26)21(14-18-6-7-19-4-2-3-5-20(19)13-18)15-22(17)16-28-29(27,24-8-9-24)25-10-11-25/h2-7,12-13,15,26H,8-11,14,16H2,1H3. The summed E-state index contributed by atoms with van der Waals surface area (Å²) in [5.74, 6) is 0.291. The Kier molecular flexibility index (Phi) is 4.72. The second-order valence-electron chi connectivity index (χ2n) is 7.94. The van der Waals surface area contributed by atoms with Gasteiger partial charge in [0, 0.05) is 32.6 Å². The Hall–Kier alpha value is -2.17. The number of aryl methyl sites for hydroxylation is 1. The number of aromatic hydroxyl groups is 1. The number of fused-ring (bicyclic) bond motifs is 1. The molecule has 2 aliphatic rings. The summed E-state index contributed by atoms with van der Waals surface area (Å²) in [5.41, 5.74) is 3.93. The van der Waals surface area contributed by atoms with Crippen LogP contribution in [0.5, 0.6) is 5.75 Å². The van der Waals surface area contributed by atoms with E-state index in [1.165, 1.54) is 10.8 Å². The van der Waals surface area contributed by atoms with Crippen molar-refractivity contribution in [1.82, 2.24) is 9.34 Å². The van der Waals surface area contributed by atoms with Gasteiger partial charge in [-0.2, -0.15) is 0 Å². The molecule has 0 aromatic heterocycles. The van der Waals surface area contributed by atoms with Crippen molar-refractivity contribution in [1.29, 1.82) is 0 Å². The van der Waals surface area contributed by atoms with Crippen LogP contribution in [-0.4, -0.2) is 40.6 Å². The van der Waals surface area contributed by atoms with Gasteiger partial charge in [0.15, 0.2) is 0 Å². The lowest BCUT2D eigenvalue weighted by Crippen LogP contribution is -2.08. The second-order valence-corrected chi connectivity index (χ2v) is 10.3. The van der Waals surface area contributed by atoms with Crippen molar-refractivity contribution >= 4 is 18.4 Å². The van der Waals surface area contributed by atoms with Gasteiger partial charge in [-0.25, -0.2) is 9.34 Å². The molecule has 0 radical (unpaired) electrons. The van der Waals surface area contributed by atoms with Crippen LogP contribution in [0.2, 0.25) is 0 Å². The molecule has 1 N–H and O–H groups in total. The molecule has 0 unspecified atom stereocenters. The summed E-state index contributed by atoms with van der Waals surface area (Å²) in [6, 6.07) is 18.4. The molecule has 29 heavy (non-hydrogen) atoms. The van der Waals surface area contributed by atoms with Crippen LogP contribution in [0.4, 0.5) is 0 Å². The molecule has 5 rings (SSSR count). The average molecular weight is 408 g/mol. The zero-order chi connectivity index (χ0) is 20.0. The second kappa shape index (κ2) is 7.26. The van der Waals surface area contributed by atoms with Crippen molar-refractivity contribution in [2.75, 3.05) is 26.2 Å². The van der Waals surface area contributed by atoms with Crippen LogP contribution >= 0.6 is 7.67 Å². The Morgan fingerprint density at radius 1 is 0.931 bits per heavy atom. The molecule has 2 heterocycles. The third kappa shape index (κ3) is 3.84. The molecular weight excluding hydrogens is 383 g/mol. The highest BCUT2D eigenvalue weighted by Gasteiger charge is 2.49. The topological polar surface area (TPSA) is 52.5 Å². The highest BCUT2D eigenvalue weighted by atomic mass is 31.2. The number of hydrogen-bond donors (Lipinski definition) is 1. The largest absolute Gasteiger partial charge is 0.508 e. The van der Waals surface area contributed by atoms with Gasteiger partial charge in [0.25, 0.3) is 0 Å². The smallest absolute Gasteiger partial charge is 0.346 e. The number of nitrogens with zero attached hydrogens (tertiary/aromatic N) is 2. The van der Waals surface area contributed by atoms with Crippen molar-refractivity contribution in [3.05, 3.63) is 76.9 Å². The van der Waals surface area contributed by atoms with Crippen LogP contribution in [0.1, 0.15) is 22.3 Å². The van der Waals surface area contributed by atoms with Gasteiger partial charge in [-0.05, 0) is 52.1 Å². The Balaban J connectivity index is 1.38. The Bertz CT molecular complexity index is 1110. The molecule has 2 fully saturated rings. The number of benzene rings is 3. The van der Waals surface area contributed by atoms with Crippen molar-refractivity contribution in [3.63, 3.8) is 0 Å². The summed E-state index contributed by atoms with van der Waals surface area (Å²) in [5, 5.41) is 12.9. The van der Waals surface area contributed by atoms with Crippen LogP contribution < -0.4 is 0 Å². The maximum Gasteiger partial charge on any atom is 0.346 e. The molecule has 0 atom stereocenters. The summed E-state index contributed by atoms with van der Waals surface area (Å²) in [6.45, 7) is 5.62. The van der Waals surface area contributed by atoms with Gasteiger partial charge < -0.3 is 9.63 Å². The first-order chi connectivity index (χ1) is 14.0. The maximum absolute atomic E-state index is 13.2. The lowest BCUT2D eigenvalue weighted by atomic mass is 9.97. The first kappa shape index (κ1) is 18.8. The quantitative estimate of drug-likeness (QED) is 0.454. The minimum Gasteiger partial charge on any atom is -0.508 e. The van der Waals surface area contributed by atoms with Gasteiger partial charge in [-0.15, -0.1) is 0 Å². The summed E-state index contributed by atoms with van der Waals surface area (Å²) in [4.78, 5) is 0. The molecule has 0 saturated carbocycles. The molecule has 0 bridgehead atoms. The van der Waals surface area contributed by atoms with Gasteiger partial charge in [0.1, 0.15) is 5.75 Å². The molecule has 2 saturated heterocycles. The van der Waals surface area contributed by atoms with E-state index >= 15 is 0 Å². The normalized spacial score (nSPS) is 17.0. The fraction of sp³-hybridized carbons (Fsp3) is 0.304. The zero-order valence-electron chi connectivity index (χ0n) is 16.5. The van der Waals surface area contributed by atoms with E-state index in [9.17, 15) is 9.67 Å². The van der Waals surface area contributed by atoms with E-state index in [4.69, 9.17) is 4.52 Å². The van der Waals surface area contributed by atoms with E-state index in [2.05, 4.69) is 30.3 Å². The van der Waals surface area contributed by atoms with Crippen molar-refractivity contribution in [3.8, 4) is 5.75 Å². The lowest BCUT2D eigenvalue weighted by molar-refractivity contribution is 0.262. The molecule has 0 aliphatic carbocycles. The Labute approximate surface area is 171 Å². The highest BCUT2D eigenvalue weighted by Crippen LogP contribution is 2.61. The number of rotatable bonds is 7. The first-order valence-electron chi connectivity index (χ1n) is 10.1. The van der Waals surface area contributed by atoms with Crippen LogP contribution in [0.25, 0.3) is 10.8 Å². The molecule has 6 heteroatoms. The van der Waals surface area contributed by atoms with Crippen molar-refractivity contribution < 1.29 is 14.2 Å². The van der Waals surface area contributed by atoms with Crippen LogP contribution in [0, 0.1) is 6.92 Å². The molecular formula is C23H25N2O3P. The molecule has 2 aliphatic heterocycles. The minimum absolute atomic E-state index is 0.291. The lowest BCUT2D eigenvalue weighted by Gasteiger charge is -2.20. The van der Waals surface area contributed by atoms with E-state index in [1.807, 2.05) is 34.5 Å². The highest BCUT2D eigenvalue weighted by molar-refractivity contribution is 7.54. The predicted molar refractivity (Wildman–Crippen MR) is 115 cm³/mol. The van der Waals surface area contributed by atoms with Crippen LogP contribution in [0.3, 0.4) is 0 Å². The van der Waals surface area contributed by atoms with Crippen LogP contribution in [0.15, 0.2) is 54.6 Å². The number of phenolic OH excluding ortho intramolecular Hbond substituents is 1. The van der Waals surface area contributed by atoms with E-state index in [0.717, 1.165) is 48.4 Å². The zero-order valence-corrected chi connectivity index (χ0v) is 17.4. The minimum atomic E-state index is -2.84. The third-order valence-electron chi connectivity index (χ3n) is 5.70. The summed E-state index contributed by atoms with van der Waals surface area (Å²) in [6.07, 6.45) is 0.639. The molecule has 0 amide bonds. The summed E-state index contributed by atoms with van der Waals surface area (Å²) >= 11 is 0. The van der Waals surface area contributed by atoms with E-state index in [1.54, 1.807) is 6.07 Å². The molecule has 0 spiro atoms.